The molecule has 1 aromatic carbocycles. The van der Waals surface area contributed by atoms with Crippen molar-refractivity contribution in [3.8, 4) is 0 Å². The zero-order valence-corrected chi connectivity index (χ0v) is 11.2. The van der Waals surface area contributed by atoms with Gasteiger partial charge in [0.1, 0.15) is 0 Å². The van der Waals surface area contributed by atoms with Gasteiger partial charge >= 0.3 is 0 Å². The number of halogens is 1. The number of rotatable bonds is 2. The largest absolute Gasteiger partial charge is 0.0848 e. The van der Waals surface area contributed by atoms with E-state index in [2.05, 4.69) is 64.5 Å². The number of hydrogen-bond donors (Lipinski definition) is 0. The fraction of sp³-hybridized carbons (Fsp3) is 0.375. The van der Waals surface area contributed by atoms with Crippen LogP contribution in [0.5, 0.6) is 0 Å². The van der Waals surface area contributed by atoms with Gasteiger partial charge in [-0.05, 0) is 53.7 Å². The smallest absolute Gasteiger partial charge is 0.0175 e. The van der Waals surface area contributed by atoms with Crippen molar-refractivity contribution in [1.29, 1.82) is 0 Å². The van der Waals surface area contributed by atoms with Crippen LogP contribution in [0.1, 0.15) is 12.0 Å². The van der Waals surface area contributed by atoms with Crippen molar-refractivity contribution >= 4 is 22.0 Å². The summed E-state index contributed by atoms with van der Waals surface area (Å²) in [4.78, 5) is 0. The van der Waals surface area contributed by atoms with E-state index in [0.29, 0.717) is 0 Å². The highest BCUT2D eigenvalue weighted by molar-refractivity contribution is 9.10. The van der Waals surface area contributed by atoms with Gasteiger partial charge in [-0.25, -0.2) is 0 Å². The molecule has 0 aromatic heterocycles. The minimum atomic E-state index is 0.859. The molecule has 1 heteroatoms. The first-order valence-corrected chi connectivity index (χ1v) is 7.24. The molecule has 86 valence electrons. The fourth-order valence-corrected chi connectivity index (χ4v) is 4.17. The molecule has 0 radical (unpaired) electrons. The third-order valence-corrected chi connectivity index (χ3v) is 5.24. The van der Waals surface area contributed by atoms with Gasteiger partial charge in [0.2, 0.25) is 0 Å². The Labute approximate surface area is 111 Å². The van der Waals surface area contributed by atoms with Gasteiger partial charge in [-0.3, -0.25) is 0 Å². The van der Waals surface area contributed by atoms with Crippen LogP contribution in [-0.4, -0.2) is 0 Å². The topological polar surface area (TPSA) is 0 Å². The Morgan fingerprint density at radius 1 is 1.00 bits per heavy atom. The first-order chi connectivity index (χ1) is 8.33. The standard InChI is InChI=1S/C16H15Br/c17-13-6-1-10(2-7-13)3-8-14-15-11-4-5-12(9-11)16(14)15/h1-8,11-12,14-16H,9H2/b8-3+/t11-,12+,14?,15-,16+. The molecular formula is C16H15Br. The molecule has 0 saturated heterocycles. The number of allylic oxidation sites excluding steroid dienone is 3. The Bertz CT molecular complexity index is 479. The molecule has 3 aliphatic carbocycles. The minimum Gasteiger partial charge on any atom is -0.0848 e. The van der Waals surface area contributed by atoms with E-state index in [0.717, 1.165) is 34.1 Å². The maximum absolute atomic E-state index is 3.47. The lowest BCUT2D eigenvalue weighted by Gasteiger charge is -2.04. The summed E-state index contributed by atoms with van der Waals surface area (Å²) in [5.41, 5.74) is 1.32. The van der Waals surface area contributed by atoms with E-state index in [1.54, 1.807) is 0 Å². The van der Waals surface area contributed by atoms with Crippen LogP contribution in [0.25, 0.3) is 6.08 Å². The molecule has 1 unspecified atom stereocenters. The summed E-state index contributed by atoms with van der Waals surface area (Å²) in [6.45, 7) is 0. The van der Waals surface area contributed by atoms with Gasteiger partial charge in [-0.1, -0.05) is 52.4 Å². The molecule has 2 saturated carbocycles. The summed E-state index contributed by atoms with van der Waals surface area (Å²) in [6, 6.07) is 8.56. The van der Waals surface area contributed by atoms with Gasteiger partial charge in [-0.15, -0.1) is 0 Å². The molecule has 2 bridgehead atoms. The Balaban J connectivity index is 1.48. The van der Waals surface area contributed by atoms with Crippen LogP contribution in [0.15, 0.2) is 47.0 Å². The van der Waals surface area contributed by atoms with Crippen molar-refractivity contribution < 1.29 is 0 Å². The van der Waals surface area contributed by atoms with Crippen molar-refractivity contribution in [2.24, 2.45) is 29.6 Å². The van der Waals surface area contributed by atoms with Crippen LogP contribution in [-0.2, 0) is 0 Å². The maximum Gasteiger partial charge on any atom is 0.0175 e. The average Bonchev–Trinajstić information content (AvgIpc) is 2.74. The van der Waals surface area contributed by atoms with E-state index in [4.69, 9.17) is 0 Å². The lowest BCUT2D eigenvalue weighted by molar-refractivity contribution is 0.530. The summed E-state index contributed by atoms with van der Waals surface area (Å²) in [5.74, 6) is 4.64. The molecular weight excluding hydrogens is 272 g/mol. The predicted molar refractivity (Wildman–Crippen MR) is 74.4 cm³/mol. The molecule has 2 fully saturated rings. The van der Waals surface area contributed by atoms with Crippen LogP contribution in [0.3, 0.4) is 0 Å². The summed E-state index contributed by atoms with van der Waals surface area (Å²) >= 11 is 3.47. The van der Waals surface area contributed by atoms with Crippen molar-refractivity contribution in [1.82, 2.24) is 0 Å². The molecule has 3 aliphatic rings. The molecule has 0 spiro atoms. The van der Waals surface area contributed by atoms with Crippen LogP contribution >= 0.6 is 15.9 Å². The first-order valence-electron chi connectivity index (χ1n) is 6.45. The van der Waals surface area contributed by atoms with Crippen LogP contribution in [0.4, 0.5) is 0 Å². The van der Waals surface area contributed by atoms with E-state index in [1.807, 2.05) is 0 Å². The highest BCUT2D eigenvalue weighted by atomic mass is 79.9. The lowest BCUT2D eigenvalue weighted by atomic mass is 10.0. The monoisotopic (exact) mass is 286 g/mol. The van der Waals surface area contributed by atoms with E-state index in [1.165, 1.54) is 12.0 Å². The molecule has 1 aromatic rings. The molecule has 0 aliphatic heterocycles. The summed E-state index contributed by atoms with van der Waals surface area (Å²) in [7, 11) is 0. The van der Waals surface area contributed by atoms with Gasteiger partial charge in [0.15, 0.2) is 0 Å². The molecule has 0 heterocycles. The fourth-order valence-electron chi connectivity index (χ4n) is 3.91. The molecule has 0 amide bonds. The van der Waals surface area contributed by atoms with Crippen molar-refractivity contribution in [2.45, 2.75) is 6.42 Å². The molecule has 4 rings (SSSR count). The summed E-state index contributed by atoms with van der Waals surface area (Å²) < 4.78 is 1.15. The SMILES string of the molecule is Brc1ccc(/C=C/C2[C@@H]3[C@H]2[C@H]2C=C[C@@H]3C2)cc1. The Morgan fingerprint density at radius 2 is 1.65 bits per heavy atom. The van der Waals surface area contributed by atoms with E-state index >= 15 is 0 Å². The average molecular weight is 287 g/mol. The van der Waals surface area contributed by atoms with Crippen LogP contribution in [0, 0.1) is 29.6 Å². The molecule has 0 N–H and O–H groups in total. The second-order valence-electron chi connectivity index (χ2n) is 5.59. The van der Waals surface area contributed by atoms with Crippen molar-refractivity contribution in [2.75, 3.05) is 0 Å². The normalized spacial score (nSPS) is 41.1. The highest BCUT2D eigenvalue weighted by Crippen LogP contribution is 2.67. The van der Waals surface area contributed by atoms with Crippen molar-refractivity contribution in [3.05, 3.63) is 52.5 Å². The van der Waals surface area contributed by atoms with Gasteiger partial charge in [0.25, 0.3) is 0 Å². The zero-order chi connectivity index (χ0) is 11.4. The van der Waals surface area contributed by atoms with Gasteiger partial charge in [0.05, 0.1) is 0 Å². The zero-order valence-electron chi connectivity index (χ0n) is 9.59. The van der Waals surface area contributed by atoms with Gasteiger partial charge in [-0.2, -0.15) is 0 Å². The maximum atomic E-state index is 3.47. The minimum absolute atomic E-state index is 0.859. The Hall–Kier alpha value is -0.820. The second kappa shape index (κ2) is 3.58. The summed E-state index contributed by atoms with van der Waals surface area (Å²) in [6.07, 6.45) is 11.1. The lowest BCUT2D eigenvalue weighted by Crippen LogP contribution is -1.96. The predicted octanol–water partition coefficient (Wildman–Crippen LogP) is 4.53. The Morgan fingerprint density at radius 3 is 2.29 bits per heavy atom. The third kappa shape index (κ3) is 1.55. The van der Waals surface area contributed by atoms with Gasteiger partial charge < -0.3 is 0 Å². The highest BCUT2D eigenvalue weighted by Gasteiger charge is 2.61. The second-order valence-corrected chi connectivity index (χ2v) is 6.51. The van der Waals surface area contributed by atoms with E-state index in [9.17, 15) is 0 Å². The first kappa shape index (κ1) is 10.1. The van der Waals surface area contributed by atoms with E-state index < -0.39 is 0 Å². The number of hydrogen-bond acceptors (Lipinski definition) is 0. The summed E-state index contributed by atoms with van der Waals surface area (Å²) in [5, 5.41) is 0. The number of fused-ring (bicyclic) bond motifs is 5. The third-order valence-electron chi connectivity index (χ3n) is 4.71. The molecule has 5 atom stereocenters. The Kier molecular flexibility index (Phi) is 2.14. The number of benzene rings is 1. The molecule has 0 nitrogen and oxygen atoms in total. The van der Waals surface area contributed by atoms with Crippen LogP contribution < -0.4 is 0 Å². The van der Waals surface area contributed by atoms with E-state index in [-0.39, 0.29) is 0 Å². The molecule has 17 heavy (non-hydrogen) atoms. The van der Waals surface area contributed by atoms with Crippen LogP contribution in [0.2, 0.25) is 0 Å². The van der Waals surface area contributed by atoms with Crippen molar-refractivity contribution in [3.63, 3.8) is 0 Å². The quantitative estimate of drug-likeness (QED) is 0.701. The van der Waals surface area contributed by atoms with Gasteiger partial charge in [0, 0.05) is 4.47 Å².